The van der Waals surface area contributed by atoms with Gasteiger partial charge in [0.15, 0.2) is 18.1 Å². The van der Waals surface area contributed by atoms with Gasteiger partial charge in [0.05, 0.1) is 11.8 Å². The number of carbonyl (C=O) groups is 2. The average molecular weight is 446 g/mol. The molecule has 33 heavy (non-hydrogen) atoms. The minimum absolute atomic E-state index is 0.120. The summed E-state index contributed by atoms with van der Waals surface area (Å²) in [7, 11) is 0. The van der Waals surface area contributed by atoms with Gasteiger partial charge in [-0.05, 0) is 55.8 Å². The maximum Gasteiger partial charge on any atom is 0.343 e. The first-order chi connectivity index (χ1) is 16.0. The van der Waals surface area contributed by atoms with Crippen LogP contribution in [0.15, 0.2) is 65.8 Å². The number of hydrogen-bond acceptors (Lipinski definition) is 7. The Bertz CT molecular complexity index is 1220. The summed E-state index contributed by atoms with van der Waals surface area (Å²) < 4.78 is 21.6. The third-order valence-electron chi connectivity index (χ3n) is 4.81. The Morgan fingerprint density at radius 3 is 2.67 bits per heavy atom. The lowest BCUT2D eigenvalue weighted by molar-refractivity contribution is -0.123. The van der Waals surface area contributed by atoms with Crippen molar-refractivity contribution in [1.82, 2.24) is 5.43 Å². The molecular weight excluding hydrogens is 424 g/mol. The Balaban J connectivity index is 1.35. The standard InChI is InChI=1S/C25H22N2O6/c1-16-7-9-20(17(2)11-16)30-14-24(28)27-26-13-19-5-3-4-6-21(19)33-25(29)18-8-10-22-23(12-18)32-15-31-22/h3-13H,14-15H2,1-2H3,(H,27,28)/b26-13+. The van der Waals surface area contributed by atoms with Gasteiger partial charge in [-0.2, -0.15) is 5.10 Å². The van der Waals surface area contributed by atoms with Gasteiger partial charge in [0.25, 0.3) is 5.91 Å². The highest BCUT2D eigenvalue weighted by Crippen LogP contribution is 2.33. The SMILES string of the molecule is Cc1ccc(OCC(=O)N/N=C/c2ccccc2OC(=O)c2ccc3c(c2)OCO3)c(C)c1. The van der Waals surface area contributed by atoms with Gasteiger partial charge in [0.2, 0.25) is 6.79 Å². The van der Waals surface area contributed by atoms with E-state index >= 15 is 0 Å². The van der Waals surface area contributed by atoms with Crippen molar-refractivity contribution in [2.75, 3.05) is 13.4 Å². The van der Waals surface area contributed by atoms with E-state index in [2.05, 4.69) is 10.5 Å². The third-order valence-corrected chi connectivity index (χ3v) is 4.81. The number of esters is 1. The summed E-state index contributed by atoms with van der Waals surface area (Å²) in [5.74, 6) is 1.03. The van der Waals surface area contributed by atoms with E-state index in [0.717, 1.165) is 11.1 Å². The normalized spacial score (nSPS) is 11.9. The molecule has 0 aromatic heterocycles. The van der Waals surface area contributed by atoms with Crippen LogP contribution in [0.2, 0.25) is 0 Å². The largest absolute Gasteiger partial charge is 0.483 e. The fourth-order valence-electron chi connectivity index (χ4n) is 3.17. The summed E-state index contributed by atoms with van der Waals surface area (Å²) >= 11 is 0. The number of ether oxygens (including phenoxy) is 4. The molecule has 0 aliphatic carbocycles. The number of amides is 1. The maximum atomic E-state index is 12.6. The highest BCUT2D eigenvalue weighted by molar-refractivity contribution is 5.94. The molecule has 0 unspecified atom stereocenters. The van der Waals surface area contributed by atoms with Crippen LogP contribution < -0.4 is 24.4 Å². The first-order valence-electron chi connectivity index (χ1n) is 10.2. The molecule has 8 nitrogen and oxygen atoms in total. The molecule has 0 atom stereocenters. The summed E-state index contributed by atoms with van der Waals surface area (Å²) in [6.45, 7) is 3.85. The van der Waals surface area contributed by atoms with Crippen molar-refractivity contribution in [3.05, 3.63) is 82.9 Å². The highest BCUT2D eigenvalue weighted by atomic mass is 16.7. The van der Waals surface area contributed by atoms with Crippen molar-refractivity contribution in [2.45, 2.75) is 13.8 Å². The molecule has 0 spiro atoms. The van der Waals surface area contributed by atoms with Crippen LogP contribution in [0.25, 0.3) is 0 Å². The quantitative estimate of drug-likeness (QED) is 0.257. The Morgan fingerprint density at radius 2 is 1.82 bits per heavy atom. The van der Waals surface area contributed by atoms with Gasteiger partial charge in [0, 0.05) is 5.56 Å². The van der Waals surface area contributed by atoms with Crippen LogP contribution in [0.5, 0.6) is 23.0 Å². The van der Waals surface area contributed by atoms with E-state index in [9.17, 15) is 9.59 Å². The van der Waals surface area contributed by atoms with Crippen LogP contribution in [0.4, 0.5) is 0 Å². The minimum Gasteiger partial charge on any atom is -0.483 e. The van der Waals surface area contributed by atoms with Gasteiger partial charge in [-0.3, -0.25) is 4.79 Å². The van der Waals surface area contributed by atoms with E-state index in [1.165, 1.54) is 6.21 Å². The average Bonchev–Trinajstić information content (AvgIpc) is 3.27. The number of nitrogens with zero attached hydrogens (tertiary/aromatic N) is 1. The number of rotatable bonds is 7. The summed E-state index contributed by atoms with van der Waals surface area (Å²) in [6.07, 6.45) is 1.40. The number of hydrogen-bond donors (Lipinski definition) is 1. The molecule has 1 aliphatic heterocycles. The number of aryl methyl sites for hydroxylation is 2. The fraction of sp³-hybridized carbons (Fsp3) is 0.160. The van der Waals surface area contributed by atoms with Crippen LogP contribution >= 0.6 is 0 Å². The molecule has 8 heteroatoms. The van der Waals surface area contributed by atoms with Crippen LogP contribution in [0, 0.1) is 13.8 Å². The molecule has 0 radical (unpaired) electrons. The second-order valence-electron chi connectivity index (χ2n) is 7.35. The first kappa shape index (κ1) is 21.9. The van der Waals surface area contributed by atoms with Crippen molar-refractivity contribution >= 4 is 18.1 Å². The summed E-state index contributed by atoms with van der Waals surface area (Å²) in [4.78, 5) is 24.6. The number of nitrogens with one attached hydrogen (secondary N) is 1. The molecule has 1 heterocycles. The molecule has 0 fully saturated rings. The zero-order valence-corrected chi connectivity index (χ0v) is 18.2. The van der Waals surface area contributed by atoms with E-state index in [0.29, 0.717) is 34.1 Å². The Morgan fingerprint density at radius 1 is 1.00 bits per heavy atom. The second-order valence-corrected chi connectivity index (χ2v) is 7.35. The van der Waals surface area contributed by atoms with Gasteiger partial charge in [-0.25, -0.2) is 10.2 Å². The van der Waals surface area contributed by atoms with Gasteiger partial charge >= 0.3 is 5.97 Å². The molecule has 168 valence electrons. The predicted octanol–water partition coefficient (Wildman–Crippen LogP) is 3.78. The van der Waals surface area contributed by atoms with E-state index < -0.39 is 11.9 Å². The number of benzene rings is 3. The van der Waals surface area contributed by atoms with Crippen molar-refractivity contribution in [2.24, 2.45) is 5.10 Å². The molecule has 0 saturated carbocycles. The van der Waals surface area contributed by atoms with E-state index in [1.54, 1.807) is 42.5 Å². The highest BCUT2D eigenvalue weighted by Gasteiger charge is 2.18. The molecule has 1 amide bonds. The van der Waals surface area contributed by atoms with Crippen molar-refractivity contribution in [3.8, 4) is 23.0 Å². The predicted molar refractivity (Wildman–Crippen MR) is 121 cm³/mol. The van der Waals surface area contributed by atoms with Crippen molar-refractivity contribution in [3.63, 3.8) is 0 Å². The van der Waals surface area contributed by atoms with E-state index in [4.69, 9.17) is 18.9 Å². The number of carbonyl (C=O) groups excluding carboxylic acids is 2. The van der Waals surface area contributed by atoms with Gasteiger partial charge in [-0.1, -0.05) is 29.8 Å². The lowest BCUT2D eigenvalue weighted by Crippen LogP contribution is -2.24. The van der Waals surface area contributed by atoms with Crippen LogP contribution in [-0.4, -0.2) is 31.5 Å². The van der Waals surface area contributed by atoms with Crippen molar-refractivity contribution in [1.29, 1.82) is 0 Å². The monoisotopic (exact) mass is 446 g/mol. The smallest absolute Gasteiger partial charge is 0.343 e. The lowest BCUT2D eigenvalue weighted by Gasteiger charge is -2.09. The second kappa shape index (κ2) is 9.86. The molecule has 0 bridgehead atoms. The molecular formula is C25H22N2O6. The lowest BCUT2D eigenvalue weighted by atomic mass is 10.1. The minimum atomic E-state index is -0.556. The zero-order chi connectivity index (χ0) is 23.2. The molecule has 4 rings (SSSR count). The Kier molecular flexibility index (Phi) is 6.54. The molecule has 1 N–H and O–H groups in total. The van der Waals surface area contributed by atoms with Crippen LogP contribution in [0.3, 0.4) is 0 Å². The first-order valence-corrected chi connectivity index (χ1v) is 10.2. The van der Waals surface area contributed by atoms with Gasteiger partial charge in [-0.15, -0.1) is 0 Å². The Hall–Kier alpha value is -4.33. The van der Waals surface area contributed by atoms with E-state index in [-0.39, 0.29) is 13.4 Å². The van der Waals surface area contributed by atoms with E-state index in [1.807, 2.05) is 32.0 Å². The third kappa shape index (κ3) is 5.48. The molecule has 1 aliphatic rings. The maximum absolute atomic E-state index is 12.6. The fourth-order valence-corrected chi connectivity index (χ4v) is 3.17. The summed E-state index contributed by atoms with van der Waals surface area (Å²) in [5, 5.41) is 3.95. The number of fused-ring (bicyclic) bond motifs is 1. The van der Waals surface area contributed by atoms with Gasteiger partial charge in [0.1, 0.15) is 11.5 Å². The summed E-state index contributed by atoms with van der Waals surface area (Å²) in [6, 6.07) is 17.4. The van der Waals surface area contributed by atoms with Gasteiger partial charge < -0.3 is 18.9 Å². The zero-order valence-electron chi connectivity index (χ0n) is 18.2. The van der Waals surface area contributed by atoms with Crippen LogP contribution in [0.1, 0.15) is 27.0 Å². The van der Waals surface area contributed by atoms with Crippen molar-refractivity contribution < 1.29 is 28.5 Å². The molecule has 3 aromatic rings. The Labute approximate surface area is 190 Å². The van der Waals surface area contributed by atoms with Crippen LogP contribution in [-0.2, 0) is 4.79 Å². The molecule has 3 aromatic carbocycles. The molecule has 0 saturated heterocycles. The number of para-hydroxylation sites is 1. The summed E-state index contributed by atoms with van der Waals surface area (Å²) in [5.41, 5.74) is 5.31. The number of hydrazone groups is 1. The topological polar surface area (TPSA) is 95.5 Å².